The van der Waals surface area contributed by atoms with E-state index in [4.69, 9.17) is 0 Å². The summed E-state index contributed by atoms with van der Waals surface area (Å²) in [5.74, 6) is 0.946. The Kier molecular flexibility index (Phi) is 1.88. The summed E-state index contributed by atoms with van der Waals surface area (Å²) in [6, 6.07) is 0.377. The highest BCUT2D eigenvalue weighted by Gasteiger charge is 2.93. The van der Waals surface area contributed by atoms with Crippen LogP contribution in [0.5, 0.6) is 0 Å². The van der Waals surface area contributed by atoms with E-state index < -0.39 is 11.8 Å². The molecule has 0 aromatic carbocycles. The molecular formula is C20H27NO3. The van der Waals surface area contributed by atoms with E-state index in [1.807, 2.05) is 0 Å². The molecule has 130 valence electrons. The Hall–Kier alpha value is -0.420. The van der Waals surface area contributed by atoms with Crippen LogP contribution in [0.2, 0.25) is 0 Å². The molecule has 3 saturated heterocycles. The maximum absolute atomic E-state index is 11.9. The lowest BCUT2D eigenvalue weighted by Crippen LogP contribution is -2.71. The molecular weight excluding hydrogens is 302 g/mol. The molecule has 9 fully saturated rings. The van der Waals surface area contributed by atoms with Gasteiger partial charge in [0, 0.05) is 35.8 Å². The quantitative estimate of drug-likeness (QED) is 0.583. The molecule has 24 heavy (non-hydrogen) atoms. The molecule has 0 radical (unpaired) electrons. The normalized spacial score (nSPS) is 76.1. The van der Waals surface area contributed by atoms with Gasteiger partial charge in [0.25, 0.3) is 0 Å². The van der Waals surface area contributed by atoms with E-state index in [0.717, 1.165) is 25.0 Å². The molecule has 12 atom stereocenters. The van der Waals surface area contributed by atoms with E-state index in [1.54, 1.807) is 0 Å². The molecule has 0 amide bonds. The molecule has 9 aliphatic rings. The highest BCUT2D eigenvalue weighted by atomic mass is 16.3. The van der Waals surface area contributed by atoms with Crippen molar-refractivity contribution in [3.05, 3.63) is 12.2 Å². The molecule has 9 rings (SSSR count). The van der Waals surface area contributed by atoms with E-state index >= 15 is 0 Å². The molecule has 4 heteroatoms. The minimum absolute atomic E-state index is 0.0266. The fourth-order valence-corrected chi connectivity index (χ4v) is 10.6. The molecule has 0 aromatic heterocycles. The maximum atomic E-state index is 11.9. The van der Waals surface area contributed by atoms with E-state index in [9.17, 15) is 15.3 Å². The Morgan fingerprint density at radius 1 is 1.21 bits per heavy atom. The van der Waals surface area contributed by atoms with E-state index in [0.29, 0.717) is 18.4 Å². The Morgan fingerprint density at radius 3 is 2.79 bits per heavy atom. The maximum Gasteiger partial charge on any atom is 0.123 e. The highest BCUT2D eigenvalue weighted by Crippen LogP contribution is 2.88. The van der Waals surface area contributed by atoms with Crippen LogP contribution in [0.15, 0.2) is 12.2 Å². The predicted molar refractivity (Wildman–Crippen MR) is 86.6 cm³/mol. The van der Waals surface area contributed by atoms with Gasteiger partial charge in [-0.3, -0.25) is 4.90 Å². The van der Waals surface area contributed by atoms with Crippen LogP contribution in [0, 0.1) is 39.9 Å². The first-order valence-electron chi connectivity index (χ1n) is 9.86. The minimum Gasteiger partial charge on any atom is -0.392 e. The van der Waals surface area contributed by atoms with Gasteiger partial charge < -0.3 is 15.3 Å². The number of aliphatic hydroxyl groups is 3. The first kappa shape index (κ1) is 13.7. The van der Waals surface area contributed by atoms with Gasteiger partial charge in [-0.2, -0.15) is 0 Å². The van der Waals surface area contributed by atoms with Crippen LogP contribution in [0.4, 0.5) is 0 Å². The monoisotopic (exact) mass is 329 g/mol. The Balaban J connectivity index is 1.57. The van der Waals surface area contributed by atoms with Crippen LogP contribution >= 0.6 is 0 Å². The van der Waals surface area contributed by atoms with Crippen molar-refractivity contribution in [2.24, 2.45) is 39.9 Å². The summed E-state index contributed by atoms with van der Waals surface area (Å²) in [6.07, 6.45) is 4.26. The number of aliphatic hydroxyl groups excluding tert-OH is 2. The lowest BCUT2D eigenvalue weighted by atomic mass is 9.39. The van der Waals surface area contributed by atoms with E-state index in [2.05, 4.69) is 18.4 Å². The van der Waals surface area contributed by atoms with Crippen molar-refractivity contribution >= 4 is 0 Å². The lowest BCUT2D eigenvalue weighted by molar-refractivity contribution is -0.272. The van der Waals surface area contributed by atoms with Gasteiger partial charge in [0.15, 0.2) is 0 Å². The third-order valence-electron chi connectivity index (χ3n) is 10.4. The average molecular weight is 329 g/mol. The minimum atomic E-state index is -0.752. The molecule has 12 unspecified atom stereocenters. The topological polar surface area (TPSA) is 63.9 Å². The second-order valence-corrected chi connectivity index (χ2v) is 10.7. The fraction of sp³-hybridized carbons (Fsp3) is 0.900. The van der Waals surface area contributed by atoms with Gasteiger partial charge in [-0.25, -0.2) is 0 Å². The molecule has 2 spiro atoms. The van der Waals surface area contributed by atoms with Crippen LogP contribution in [-0.4, -0.2) is 50.7 Å². The van der Waals surface area contributed by atoms with Gasteiger partial charge in [-0.1, -0.05) is 19.9 Å². The van der Waals surface area contributed by atoms with Crippen LogP contribution in [0.3, 0.4) is 0 Å². The first-order valence-corrected chi connectivity index (χ1v) is 9.86. The third kappa shape index (κ3) is 0.903. The zero-order chi connectivity index (χ0) is 16.4. The summed E-state index contributed by atoms with van der Waals surface area (Å²) in [6.45, 7) is 7.56. The number of hydrogen-bond acceptors (Lipinski definition) is 4. The number of fused-ring (bicyclic) bond motifs is 1. The van der Waals surface area contributed by atoms with Gasteiger partial charge >= 0.3 is 0 Å². The summed E-state index contributed by atoms with van der Waals surface area (Å²) in [7, 11) is 0. The molecule has 3 aliphatic heterocycles. The molecule has 9 bridgehead atoms. The van der Waals surface area contributed by atoms with Crippen molar-refractivity contribution in [1.29, 1.82) is 0 Å². The van der Waals surface area contributed by atoms with Crippen molar-refractivity contribution in [2.75, 3.05) is 6.54 Å². The van der Waals surface area contributed by atoms with Crippen LogP contribution in [0.25, 0.3) is 0 Å². The zero-order valence-corrected chi connectivity index (χ0v) is 14.3. The number of piperidine rings is 2. The Morgan fingerprint density at radius 2 is 2.00 bits per heavy atom. The second-order valence-electron chi connectivity index (χ2n) is 10.7. The molecule has 3 heterocycles. The second kappa shape index (κ2) is 3.28. The zero-order valence-electron chi connectivity index (χ0n) is 14.3. The molecule has 6 saturated carbocycles. The standard InChI is InChI=1S/C20H27NO3/c1-9-10-6-11-14-18-5-3-4-17(2)8-21(14)20(24,16(17)18)7-19(11,15(9)23)13(18)12(10)22/h10-16,22-24H,1,3-8H2,2H3. The summed E-state index contributed by atoms with van der Waals surface area (Å²) >= 11 is 0. The van der Waals surface area contributed by atoms with E-state index in [-0.39, 0.29) is 40.1 Å². The van der Waals surface area contributed by atoms with Gasteiger partial charge in [-0.05, 0) is 48.0 Å². The molecule has 0 aromatic rings. The number of nitrogens with zero attached hydrogens (tertiary/aromatic N) is 1. The Labute approximate surface area is 142 Å². The summed E-state index contributed by atoms with van der Waals surface area (Å²) in [5, 5.41) is 34.4. The molecule has 4 nitrogen and oxygen atoms in total. The summed E-state index contributed by atoms with van der Waals surface area (Å²) < 4.78 is 0. The predicted octanol–water partition coefficient (Wildman–Crippen LogP) is 1.11. The van der Waals surface area contributed by atoms with Gasteiger partial charge in [0.05, 0.1) is 12.2 Å². The van der Waals surface area contributed by atoms with Gasteiger partial charge in [0.2, 0.25) is 0 Å². The third-order valence-corrected chi connectivity index (χ3v) is 10.4. The highest BCUT2D eigenvalue weighted by molar-refractivity contribution is 5.45. The first-order chi connectivity index (χ1) is 11.3. The van der Waals surface area contributed by atoms with Crippen molar-refractivity contribution in [3.63, 3.8) is 0 Å². The van der Waals surface area contributed by atoms with E-state index in [1.165, 1.54) is 12.8 Å². The molecule has 3 N–H and O–H groups in total. The van der Waals surface area contributed by atoms with Crippen molar-refractivity contribution in [2.45, 2.75) is 63.0 Å². The van der Waals surface area contributed by atoms with Gasteiger partial charge in [0.1, 0.15) is 5.72 Å². The Bertz CT molecular complexity index is 724. The SMILES string of the molecule is C=C1C2CC3C4N5CC6(C)CCCC47C(C2O)C3(CC5(O)C67)C1O. The van der Waals surface area contributed by atoms with Crippen LogP contribution < -0.4 is 0 Å². The summed E-state index contributed by atoms with van der Waals surface area (Å²) in [4.78, 5) is 2.45. The van der Waals surface area contributed by atoms with Crippen molar-refractivity contribution in [1.82, 2.24) is 4.90 Å². The summed E-state index contributed by atoms with van der Waals surface area (Å²) in [5.41, 5.74) is -0.0153. The smallest absolute Gasteiger partial charge is 0.123 e. The van der Waals surface area contributed by atoms with Gasteiger partial charge in [-0.15, -0.1) is 0 Å². The fourth-order valence-electron chi connectivity index (χ4n) is 10.6. The van der Waals surface area contributed by atoms with Crippen LogP contribution in [0.1, 0.15) is 39.0 Å². The largest absolute Gasteiger partial charge is 0.392 e. The van der Waals surface area contributed by atoms with Crippen molar-refractivity contribution < 1.29 is 15.3 Å². The van der Waals surface area contributed by atoms with Crippen LogP contribution in [-0.2, 0) is 0 Å². The molecule has 6 aliphatic carbocycles. The number of rotatable bonds is 0. The number of hydrogen-bond donors (Lipinski definition) is 3. The average Bonchev–Trinajstić information content (AvgIpc) is 2.88. The lowest BCUT2D eigenvalue weighted by Gasteiger charge is -2.67. The van der Waals surface area contributed by atoms with Crippen molar-refractivity contribution in [3.8, 4) is 0 Å².